The van der Waals surface area contributed by atoms with E-state index in [1.165, 1.54) is 11.1 Å². The molecule has 9 heteroatoms. The van der Waals surface area contributed by atoms with Crippen molar-refractivity contribution in [1.82, 2.24) is 19.9 Å². The van der Waals surface area contributed by atoms with Crippen LogP contribution in [0.3, 0.4) is 0 Å². The first-order chi connectivity index (χ1) is 10.5. The second-order valence-electron chi connectivity index (χ2n) is 7.20. The first kappa shape index (κ1) is 16.1. The van der Waals surface area contributed by atoms with Crippen LogP contribution in [0.5, 0.6) is 0 Å². The van der Waals surface area contributed by atoms with Crippen molar-refractivity contribution in [2.45, 2.75) is 56.8 Å². The molecule has 0 atom stereocenters. The minimum absolute atomic E-state index is 0.0357. The number of rotatable bonds is 2. The summed E-state index contributed by atoms with van der Waals surface area (Å²) in [6, 6.07) is 0. The van der Waals surface area contributed by atoms with E-state index >= 15 is 0 Å². The van der Waals surface area contributed by atoms with E-state index in [-0.39, 0.29) is 18.8 Å². The summed E-state index contributed by atoms with van der Waals surface area (Å²) in [6.45, 7) is 6.10. The van der Waals surface area contributed by atoms with Gasteiger partial charge in [-0.25, -0.2) is 9.48 Å². The highest BCUT2D eigenvalue weighted by atomic mass is 19.4. The maximum Gasteiger partial charge on any atom is 0.413 e. The molecule has 1 aliphatic carbocycles. The number of carbonyl (C=O) groups is 1. The van der Waals surface area contributed by atoms with Crippen LogP contribution in [0.1, 0.15) is 45.2 Å². The molecule has 0 unspecified atom stereocenters. The third-order valence-corrected chi connectivity index (χ3v) is 4.15. The molecular formula is C14H19F3N4O2. The average Bonchev–Trinajstić information content (AvgIpc) is 3.00. The minimum atomic E-state index is -4.32. The molecule has 0 N–H and O–H groups in total. The Labute approximate surface area is 131 Å². The van der Waals surface area contributed by atoms with E-state index in [9.17, 15) is 18.0 Å². The lowest BCUT2D eigenvalue weighted by Gasteiger charge is -2.38. The molecule has 1 aromatic rings. The quantitative estimate of drug-likeness (QED) is 0.835. The molecule has 0 bridgehead atoms. The van der Waals surface area contributed by atoms with Crippen LogP contribution in [0, 0.1) is 0 Å². The highest BCUT2D eigenvalue weighted by molar-refractivity contribution is 5.69. The number of alkyl halides is 3. The Morgan fingerprint density at radius 3 is 2.39 bits per heavy atom. The summed E-state index contributed by atoms with van der Waals surface area (Å²) < 4.78 is 45.3. The van der Waals surface area contributed by atoms with Gasteiger partial charge in [0.15, 0.2) is 5.54 Å². The molecule has 0 spiro atoms. The van der Waals surface area contributed by atoms with Gasteiger partial charge in [-0.1, -0.05) is 5.21 Å². The normalized spacial score (nSPS) is 21.0. The van der Waals surface area contributed by atoms with Crippen LogP contribution in [0.2, 0.25) is 0 Å². The molecule has 0 aromatic carbocycles. The number of halogens is 3. The van der Waals surface area contributed by atoms with Gasteiger partial charge in [-0.15, -0.1) is 5.10 Å². The summed E-state index contributed by atoms with van der Waals surface area (Å²) in [5.41, 5.74) is -1.97. The highest BCUT2D eigenvalue weighted by Gasteiger charge is 2.66. The number of amides is 1. The van der Waals surface area contributed by atoms with Gasteiger partial charge in [0.1, 0.15) is 5.60 Å². The zero-order valence-corrected chi connectivity index (χ0v) is 13.2. The molecule has 2 heterocycles. The van der Waals surface area contributed by atoms with Gasteiger partial charge in [0.05, 0.1) is 5.69 Å². The van der Waals surface area contributed by atoms with Gasteiger partial charge < -0.3 is 9.64 Å². The summed E-state index contributed by atoms with van der Waals surface area (Å²) in [5, 5.41) is 7.52. The van der Waals surface area contributed by atoms with Gasteiger partial charge in [-0.05, 0) is 33.6 Å². The molecule has 3 rings (SSSR count). The maximum atomic E-state index is 13.1. The lowest BCUT2D eigenvalue weighted by Crippen LogP contribution is -2.50. The van der Waals surface area contributed by atoms with Gasteiger partial charge in [0, 0.05) is 25.2 Å². The fourth-order valence-electron chi connectivity index (χ4n) is 2.58. The zero-order valence-electron chi connectivity index (χ0n) is 13.2. The Kier molecular flexibility index (Phi) is 3.39. The zero-order chi connectivity index (χ0) is 17.0. The molecular weight excluding hydrogens is 313 g/mol. The van der Waals surface area contributed by atoms with E-state index < -0.39 is 23.4 Å². The van der Waals surface area contributed by atoms with E-state index in [1.807, 2.05) is 0 Å². The standard InChI is InChI=1S/C14H19F3N4O2/c1-12(2,3)23-11(22)20-6-9(7-20)10-8-21(19-18-10)13(4-5-13)14(15,16)17/h8-9H,4-7H2,1-3H3. The minimum Gasteiger partial charge on any atom is -0.444 e. The predicted octanol–water partition coefficient (Wildman–Crippen LogP) is 2.66. The van der Waals surface area contributed by atoms with Crippen molar-refractivity contribution in [3.05, 3.63) is 11.9 Å². The van der Waals surface area contributed by atoms with E-state index in [0.29, 0.717) is 18.8 Å². The molecule has 1 saturated carbocycles. The molecule has 128 valence electrons. The highest BCUT2D eigenvalue weighted by Crippen LogP contribution is 2.55. The van der Waals surface area contributed by atoms with Crippen LogP contribution in [0.25, 0.3) is 0 Å². The Morgan fingerprint density at radius 1 is 1.30 bits per heavy atom. The van der Waals surface area contributed by atoms with Crippen LogP contribution in [-0.4, -0.2) is 50.9 Å². The fourth-order valence-corrected chi connectivity index (χ4v) is 2.58. The largest absolute Gasteiger partial charge is 0.444 e. The second kappa shape index (κ2) is 4.85. The van der Waals surface area contributed by atoms with Crippen LogP contribution in [0.4, 0.5) is 18.0 Å². The maximum absolute atomic E-state index is 13.1. The van der Waals surface area contributed by atoms with Gasteiger partial charge in [-0.3, -0.25) is 0 Å². The number of likely N-dealkylation sites (tertiary alicyclic amines) is 1. The van der Waals surface area contributed by atoms with Crippen molar-refractivity contribution in [3.63, 3.8) is 0 Å². The van der Waals surface area contributed by atoms with E-state index in [1.54, 1.807) is 20.8 Å². The SMILES string of the molecule is CC(C)(C)OC(=O)N1CC(c2cn(C3(C(F)(F)F)CC3)nn2)C1. The first-order valence-electron chi connectivity index (χ1n) is 7.49. The van der Waals surface area contributed by atoms with Crippen LogP contribution in [0.15, 0.2) is 6.20 Å². The number of nitrogens with zero attached hydrogens (tertiary/aromatic N) is 4. The van der Waals surface area contributed by atoms with E-state index in [4.69, 9.17) is 4.74 Å². The van der Waals surface area contributed by atoms with Gasteiger partial charge in [0.25, 0.3) is 0 Å². The molecule has 1 amide bonds. The Morgan fingerprint density at radius 2 is 1.91 bits per heavy atom. The molecule has 6 nitrogen and oxygen atoms in total. The van der Waals surface area contributed by atoms with E-state index in [0.717, 1.165) is 4.68 Å². The number of ether oxygens (including phenoxy) is 1. The average molecular weight is 332 g/mol. The first-order valence-corrected chi connectivity index (χ1v) is 7.49. The lowest BCUT2D eigenvalue weighted by atomic mass is 9.97. The molecule has 1 saturated heterocycles. The Balaban J connectivity index is 1.61. The van der Waals surface area contributed by atoms with Crippen LogP contribution >= 0.6 is 0 Å². The molecule has 2 aliphatic rings. The van der Waals surface area contributed by atoms with Gasteiger partial charge in [0.2, 0.25) is 0 Å². The van der Waals surface area contributed by atoms with Crippen molar-refractivity contribution in [1.29, 1.82) is 0 Å². The van der Waals surface area contributed by atoms with Crippen molar-refractivity contribution in [2.24, 2.45) is 0 Å². The number of aromatic nitrogens is 3. The predicted molar refractivity (Wildman–Crippen MR) is 73.8 cm³/mol. The molecule has 2 fully saturated rings. The molecule has 23 heavy (non-hydrogen) atoms. The molecule has 1 aliphatic heterocycles. The van der Waals surface area contributed by atoms with Crippen LogP contribution in [-0.2, 0) is 10.3 Å². The number of hydrogen-bond donors (Lipinski definition) is 0. The summed E-state index contributed by atoms with van der Waals surface area (Å²) in [7, 11) is 0. The summed E-state index contributed by atoms with van der Waals surface area (Å²) >= 11 is 0. The second-order valence-corrected chi connectivity index (χ2v) is 7.20. The number of hydrogen-bond acceptors (Lipinski definition) is 4. The summed E-state index contributed by atoms with van der Waals surface area (Å²) in [4.78, 5) is 13.3. The third kappa shape index (κ3) is 2.88. The van der Waals surface area contributed by atoms with Crippen molar-refractivity contribution >= 4 is 6.09 Å². The van der Waals surface area contributed by atoms with E-state index in [2.05, 4.69) is 10.3 Å². The van der Waals surface area contributed by atoms with Crippen molar-refractivity contribution < 1.29 is 22.7 Å². The van der Waals surface area contributed by atoms with Crippen molar-refractivity contribution in [2.75, 3.05) is 13.1 Å². The third-order valence-electron chi connectivity index (χ3n) is 4.15. The fraction of sp³-hybridized carbons (Fsp3) is 0.786. The topological polar surface area (TPSA) is 60.2 Å². The Bertz CT molecular complexity index is 610. The summed E-state index contributed by atoms with van der Waals surface area (Å²) in [5.74, 6) is -0.0969. The smallest absolute Gasteiger partial charge is 0.413 e. The number of carbonyl (C=O) groups excluding carboxylic acids is 1. The van der Waals surface area contributed by atoms with Gasteiger partial charge in [-0.2, -0.15) is 13.2 Å². The van der Waals surface area contributed by atoms with Gasteiger partial charge >= 0.3 is 12.3 Å². The molecule has 0 radical (unpaired) electrons. The summed E-state index contributed by atoms with van der Waals surface area (Å²) in [6.07, 6.45) is -3.31. The Hall–Kier alpha value is -1.80. The van der Waals surface area contributed by atoms with Crippen molar-refractivity contribution in [3.8, 4) is 0 Å². The molecule has 1 aromatic heterocycles. The monoisotopic (exact) mass is 332 g/mol. The lowest BCUT2D eigenvalue weighted by molar-refractivity contribution is -0.182. The van der Waals surface area contributed by atoms with Crippen LogP contribution < -0.4 is 0 Å².